The van der Waals surface area contributed by atoms with Gasteiger partial charge in [0.25, 0.3) is 5.91 Å². The van der Waals surface area contributed by atoms with Crippen LogP contribution in [0.25, 0.3) is 0 Å². The van der Waals surface area contributed by atoms with Crippen molar-refractivity contribution in [2.45, 2.75) is 32.8 Å². The van der Waals surface area contributed by atoms with Gasteiger partial charge in [-0.25, -0.2) is 14.8 Å². The van der Waals surface area contributed by atoms with Crippen molar-refractivity contribution < 1.29 is 14.3 Å². The number of hydrogen-bond acceptors (Lipinski definition) is 4. The molecule has 1 saturated heterocycles. The maximum atomic E-state index is 11.9. The predicted molar refractivity (Wildman–Crippen MR) is 66.8 cm³/mol. The average Bonchev–Trinajstić information content (AvgIpc) is 2.26. The molecule has 0 radical (unpaired) electrons. The summed E-state index contributed by atoms with van der Waals surface area (Å²) in [7, 11) is 0. The zero-order valence-electron chi connectivity index (χ0n) is 10.8. The van der Waals surface area contributed by atoms with Gasteiger partial charge >= 0.3 is 6.09 Å². The smallest absolute Gasteiger partial charge is 0.410 e. The molecule has 0 N–H and O–H groups in total. The fourth-order valence-corrected chi connectivity index (χ4v) is 1.97. The second kappa shape index (κ2) is 4.51. The summed E-state index contributed by atoms with van der Waals surface area (Å²) in [5.74, 6) is -0.419. The lowest BCUT2D eigenvalue weighted by Crippen LogP contribution is -2.48. The van der Waals surface area contributed by atoms with E-state index in [1.807, 2.05) is 20.8 Å². The van der Waals surface area contributed by atoms with Crippen LogP contribution in [0.5, 0.6) is 0 Å². The van der Waals surface area contributed by atoms with E-state index < -0.39 is 5.60 Å². The number of likely N-dealkylation sites (tertiary alicyclic amines) is 1. The minimum absolute atomic E-state index is 0.163. The summed E-state index contributed by atoms with van der Waals surface area (Å²) in [5.41, 5.74) is 0.187. The molecule has 0 aromatic rings. The second-order valence-corrected chi connectivity index (χ2v) is 5.45. The van der Waals surface area contributed by atoms with Crippen LogP contribution in [0.2, 0.25) is 0 Å². The van der Waals surface area contributed by atoms with E-state index in [4.69, 9.17) is 4.74 Å². The molecule has 0 saturated carbocycles. The minimum atomic E-state index is -0.514. The zero-order valence-corrected chi connectivity index (χ0v) is 10.8. The van der Waals surface area contributed by atoms with Crippen molar-refractivity contribution in [3.05, 3.63) is 0 Å². The summed E-state index contributed by atoms with van der Waals surface area (Å²) in [6.45, 7) is 6.32. The lowest BCUT2D eigenvalue weighted by Gasteiger charge is -2.33. The summed E-state index contributed by atoms with van der Waals surface area (Å²) in [6.07, 6.45) is 1.46. The van der Waals surface area contributed by atoms with Crippen LogP contribution >= 0.6 is 0 Å². The number of nitrogens with zero attached hydrogens (tertiary/aromatic N) is 3. The highest BCUT2D eigenvalue weighted by Gasteiger charge is 2.35. The Balaban J connectivity index is 2.03. The number of carbonyl (C=O) groups excluding carboxylic acids is 2. The summed E-state index contributed by atoms with van der Waals surface area (Å²) >= 11 is 0. The third kappa shape index (κ3) is 2.75. The summed E-state index contributed by atoms with van der Waals surface area (Å²) in [6, 6.07) is 0. The van der Waals surface area contributed by atoms with E-state index in [2.05, 4.69) is 9.98 Å². The standard InChI is InChI=1S/C12H17N3O3/c1-12(2,3)18-11(17)15-5-4-8-9(6-15)13-7-14-10(8)16/h7-8H,4-6H2,1-3H3. The van der Waals surface area contributed by atoms with Gasteiger partial charge in [0.2, 0.25) is 0 Å². The Bertz CT molecular complexity index is 434. The molecule has 2 aliphatic heterocycles. The first-order valence-corrected chi connectivity index (χ1v) is 5.98. The highest BCUT2D eigenvalue weighted by Crippen LogP contribution is 2.20. The van der Waals surface area contributed by atoms with E-state index >= 15 is 0 Å². The molecule has 6 heteroatoms. The number of aliphatic imine (C=N–C) groups is 2. The Kier molecular flexibility index (Phi) is 3.19. The molecule has 1 fully saturated rings. The molecule has 0 aromatic carbocycles. The highest BCUT2D eigenvalue weighted by molar-refractivity contribution is 6.13. The van der Waals surface area contributed by atoms with Gasteiger partial charge in [0.1, 0.15) is 11.9 Å². The molecule has 18 heavy (non-hydrogen) atoms. The van der Waals surface area contributed by atoms with E-state index in [-0.39, 0.29) is 17.9 Å². The molecule has 0 aromatic heterocycles. The van der Waals surface area contributed by atoms with E-state index in [1.165, 1.54) is 6.34 Å². The number of carbonyl (C=O) groups is 2. The normalized spacial score (nSPS) is 23.5. The van der Waals surface area contributed by atoms with Gasteiger partial charge in [-0.15, -0.1) is 0 Å². The maximum absolute atomic E-state index is 11.9. The Morgan fingerprint density at radius 2 is 2.22 bits per heavy atom. The lowest BCUT2D eigenvalue weighted by molar-refractivity contribution is -0.120. The molecule has 2 heterocycles. The summed E-state index contributed by atoms with van der Waals surface area (Å²) in [5, 5.41) is 0. The van der Waals surface area contributed by atoms with Crippen molar-refractivity contribution in [2.75, 3.05) is 13.1 Å². The topological polar surface area (TPSA) is 71.3 Å². The van der Waals surface area contributed by atoms with Crippen LogP contribution in [-0.4, -0.2) is 47.6 Å². The maximum Gasteiger partial charge on any atom is 0.410 e. The molecular weight excluding hydrogens is 234 g/mol. The molecule has 6 nitrogen and oxygen atoms in total. The first kappa shape index (κ1) is 12.7. The first-order valence-electron chi connectivity index (χ1n) is 5.98. The number of rotatable bonds is 0. The van der Waals surface area contributed by atoms with Gasteiger partial charge < -0.3 is 9.64 Å². The number of hydrogen-bond donors (Lipinski definition) is 0. The molecule has 0 bridgehead atoms. The van der Waals surface area contributed by atoms with E-state index in [9.17, 15) is 9.59 Å². The van der Waals surface area contributed by atoms with E-state index in [1.54, 1.807) is 4.90 Å². The van der Waals surface area contributed by atoms with Crippen LogP contribution in [0.4, 0.5) is 4.79 Å². The first-order chi connectivity index (χ1) is 8.37. The Morgan fingerprint density at radius 1 is 1.50 bits per heavy atom. The monoisotopic (exact) mass is 251 g/mol. The van der Waals surface area contributed by atoms with Crippen LogP contribution < -0.4 is 0 Å². The van der Waals surface area contributed by atoms with Crippen molar-refractivity contribution in [3.63, 3.8) is 0 Å². The number of ether oxygens (including phenoxy) is 1. The molecule has 98 valence electrons. The van der Waals surface area contributed by atoms with Gasteiger partial charge in [-0.05, 0) is 27.2 Å². The largest absolute Gasteiger partial charge is 0.444 e. The number of piperidine rings is 1. The molecular formula is C12H17N3O3. The lowest BCUT2D eigenvalue weighted by atomic mass is 9.93. The van der Waals surface area contributed by atoms with Crippen molar-refractivity contribution in [1.82, 2.24) is 4.90 Å². The Hall–Kier alpha value is -1.72. The van der Waals surface area contributed by atoms with Crippen molar-refractivity contribution in [3.8, 4) is 0 Å². The van der Waals surface area contributed by atoms with Crippen molar-refractivity contribution in [2.24, 2.45) is 15.9 Å². The van der Waals surface area contributed by atoms with Crippen LogP contribution in [0.3, 0.4) is 0 Å². The van der Waals surface area contributed by atoms with Gasteiger partial charge in [-0.3, -0.25) is 4.79 Å². The SMILES string of the molecule is CC(C)(C)OC(=O)N1CCC2C(=O)N=CN=C2C1. The van der Waals surface area contributed by atoms with Crippen LogP contribution in [-0.2, 0) is 9.53 Å². The quantitative estimate of drug-likeness (QED) is 0.650. The van der Waals surface area contributed by atoms with Crippen LogP contribution in [0.1, 0.15) is 27.2 Å². The predicted octanol–water partition coefficient (Wildman–Crippen LogP) is 1.25. The highest BCUT2D eigenvalue weighted by atomic mass is 16.6. The molecule has 1 unspecified atom stereocenters. The third-order valence-electron chi connectivity index (χ3n) is 2.80. The fourth-order valence-electron chi connectivity index (χ4n) is 1.97. The average molecular weight is 251 g/mol. The summed E-state index contributed by atoms with van der Waals surface area (Å²) < 4.78 is 5.30. The van der Waals surface area contributed by atoms with Gasteiger partial charge in [0.05, 0.1) is 18.2 Å². The minimum Gasteiger partial charge on any atom is -0.444 e. The van der Waals surface area contributed by atoms with Crippen molar-refractivity contribution >= 4 is 24.1 Å². The van der Waals surface area contributed by atoms with Gasteiger partial charge in [-0.1, -0.05) is 0 Å². The Labute approximate surface area is 106 Å². The van der Waals surface area contributed by atoms with Crippen LogP contribution in [0, 0.1) is 5.92 Å². The van der Waals surface area contributed by atoms with Gasteiger partial charge in [0.15, 0.2) is 0 Å². The fraction of sp³-hybridized carbons (Fsp3) is 0.667. The zero-order chi connectivity index (χ0) is 13.3. The molecule has 0 aliphatic carbocycles. The molecule has 2 amide bonds. The van der Waals surface area contributed by atoms with Crippen molar-refractivity contribution in [1.29, 1.82) is 0 Å². The number of fused-ring (bicyclic) bond motifs is 1. The van der Waals surface area contributed by atoms with E-state index in [0.717, 1.165) is 0 Å². The van der Waals surface area contributed by atoms with E-state index in [0.29, 0.717) is 25.2 Å². The molecule has 1 atom stereocenters. The molecule has 2 aliphatic rings. The second-order valence-electron chi connectivity index (χ2n) is 5.45. The number of amides is 2. The Morgan fingerprint density at radius 3 is 2.89 bits per heavy atom. The molecule has 0 spiro atoms. The van der Waals surface area contributed by atoms with Gasteiger partial charge in [-0.2, -0.15) is 0 Å². The summed E-state index contributed by atoms with van der Waals surface area (Å²) in [4.78, 5) is 32.7. The third-order valence-corrected chi connectivity index (χ3v) is 2.80. The molecule has 2 rings (SSSR count). The van der Waals surface area contributed by atoms with Crippen LogP contribution in [0.15, 0.2) is 9.98 Å². The van der Waals surface area contributed by atoms with Gasteiger partial charge in [0, 0.05) is 6.54 Å².